The molecule has 2 N–H and O–H groups in total. The highest BCUT2D eigenvalue weighted by Gasteiger charge is 2.22. The van der Waals surface area contributed by atoms with E-state index in [1.54, 1.807) is 12.1 Å². The van der Waals surface area contributed by atoms with Crippen LogP contribution < -0.4 is 10.0 Å². The van der Waals surface area contributed by atoms with Gasteiger partial charge in [0, 0.05) is 18.2 Å². The number of carbonyl (C=O) groups excluding carboxylic acids is 1. The third kappa shape index (κ3) is 3.19. The van der Waals surface area contributed by atoms with Crippen molar-refractivity contribution in [3.8, 4) is 0 Å². The van der Waals surface area contributed by atoms with Gasteiger partial charge in [-0.2, -0.15) is 0 Å². The van der Waals surface area contributed by atoms with Gasteiger partial charge in [-0.1, -0.05) is 13.8 Å². The van der Waals surface area contributed by atoms with Gasteiger partial charge in [0.05, 0.1) is 4.90 Å². The number of nitrogens with one attached hydrogen (secondary N) is 2. The molecule has 0 spiro atoms. The minimum absolute atomic E-state index is 0.0281. The van der Waals surface area contributed by atoms with Crippen LogP contribution >= 0.6 is 0 Å². The second-order valence-corrected chi connectivity index (χ2v) is 7.24. The highest BCUT2D eigenvalue weighted by Crippen LogP contribution is 2.25. The molecule has 20 heavy (non-hydrogen) atoms. The van der Waals surface area contributed by atoms with Crippen molar-refractivity contribution >= 4 is 21.6 Å². The number of hydrogen-bond donors (Lipinski definition) is 2. The van der Waals surface area contributed by atoms with E-state index >= 15 is 0 Å². The Balaban J connectivity index is 2.27. The molecule has 0 saturated heterocycles. The molecule has 1 amide bonds. The Morgan fingerprint density at radius 2 is 1.90 bits per heavy atom. The molecule has 1 heterocycles. The lowest BCUT2D eigenvalue weighted by Gasteiger charge is -2.20. The number of aryl methyl sites for hydroxylation is 1. The van der Waals surface area contributed by atoms with E-state index in [1.165, 1.54) is 6.07 Å². The van der Waals surface area contributed by atoms with Crippen molar-refractivity contribution in [2.45, 2.75) is 44.6 Å². The van der Waals surface area contributed by atoms with Gasteiger partial charge >= 0.3 is 0 Å². The summed E-state index contributed by atoms with van der Waals surface area (Å²) in [6.07, 6.45) is 0.969. The molecule has 5 nitrogen and oxygen atoms in total. The van der Waals surface area contributed by atoms with Gasteiger partial charge in [-0.15, -0.1) is 0 Å². The number of sulfonamides is 1. The lowest BCUT2D eigenvalue weighted by atomic mass is 10.0. The summed E-state index contributed by atoms with van der Waals surface area (Å²) in [7, 11) is -3.51. The minimum atomic E-state index is -3.51. The molecule has 0 saturated carbocycles. The average Bonchev–Trinajstić information content (AvgIpc) is 2.37. The SMILES string of the molecule is CC(C)[C@H](C)NS(=O)(=O)c1ccc2c(c1)CCC(=O)N2. The summed E-state index contributed by atoms with van der Waals surface area (Å²) in [6.45, 7) is 5.78. The molecule has 1 aliphatic heterocycles. The fourth-order valence-electron chi connectivity index (χ4n) is 1.98. The Kier molecular flexibility index (Phi) is 4.15. The molecule has 6 heteroatoms. The van der Waals surface area contributed by atoms with E-state index in [0.29, 0.717) is 18.5 Å². The zero-order chi connectivity index (χ0) is 14.9. The van der Waals surface area contributed by atoms with Gasteiger partial charge in [-0.05, 0) is 43.0 Å². The fourth-order valence-corrected chi connectivity index (χ4v) is 3.42. The Morgan fingerprint density at radius 1 is 1.20 bits per heavy atom. The van der Waals surface area contributed by atoms with E-state index in [2.05, 4.69) is 10.0 Å². The van der Waals surface area contributed by atoms with Gasteiger partial charge < -0.3 is 5.32 Å². The van der Waals surface area contributed by atoms with Crippen molar-refractivity contribution in [1.29, 1.82) is 0 Å². The standard InChI is InChI=1S/C14H20N2O3S/c1-9(2)10(3)16-20(18,19)12-5-6-13-11(8-12)4-7-14(17)15-13/h5-6,8-10,16H,4,7H2,1-3H3,(H,15,17)/t10-/m0/s1. The predicted molar refractivity (Wildman–Crippen MR) is 78.0 cm³/mol. The van der Waals surface area contributed by atoms with Crippen molar-refractivity contribution < 1.29 is 13.2 Å². The van der Waals surface area contributed by atoms with Crippen molar-refractivity contribution in [3.63, 3.8) is 0 Å². The number of rotatable bonds is 4. The van der Waals surface area contributed by atoms with Crippen LogP contribution in [0, 0.1) is 5.92 Å². The highest BCUT2D eigenvalue weighted by atomic mass is 32.2. The fraction of sp³-hybridized carbons (Fsp3) is 0.500. The van der Waals surface area contributed by atoms with Gasteiger partial charge in [0.15, 0.2) is 0 Å². The average molecular weight is 296 g/mol. The summed E-state index contributed by atoms with van der Waals surface area (Å²) < 4.78 is 27.3. The quantitative estimate of drug-likeness (QED) is 0.891. The second kappa shape index (κ2) is 5.54. The van der Waals surface area contributed by atoms with E-state index in [9.17, 15) is 13.2 Å². The Bertz CT molecular complexity index is 623. The van der Waals surface area contributed by atoms with Crippen LogP contribution in [0.3, 0.4) is 0 Å². The Morgan fingerprint density at radius 3 is 2.55 bits per heavy atom. The third-order valence-electron chi connectivity index (χ3n) is 3.62. The van der Waals surface area contributed by atoms with E-state index in [4.69, 9.17) is 0 Å². The Labute approximate surface area is 119 Å². The normalized spacial score (nSPS) is 16.7. The number of fused-ring (bicyclic) bond motifs is 1. The molecule has 0 radical (unpaired) electrons. The molecule has 0 bridgehead atoms. The van der Waals surface area contributed by atoms with Crippen LogP contribution in [-0.2, 0) is 21.2 Å². The molecule has 110 valence electrons. The third-order valence-corrected chi connectivity index (χ3v) is 5.18. The van der Waals surface area contributed by atoms with E-state index in [0.717, 1.165) is 5.56 Å². The summed E-state index contributed by atoms with van der Waals surface area (Å²) in [4.78, 5) is 11.5. The van der Waals surface area contributed by atoms with Crippen molar-refractivity contribution in [1.82, 2.24) is 4.72 Å². The van der Waals surface area contributed by atoms with Crippen LogP contribution in [0.2, 0.25) is 0 Å². The molecule has 0 aliphatic carbocycles. The summed E-state index contributed by atoms with van der Waals surface area (Å²) >= 11 is 0. The van der Waals surface area contributed by atoms with Crippen LogP contribution in [-0.4, -0.2) is 20.4 Å². The molecule has 1 aromatic rings. The number of anilines is 1. The lowest BCUT2D eigenvalue weighted by molar-refractivity contribution is -0.116. The van der Waals surface area contributed by atoms with Gasteiger partial charge in [0.1, 0.15) is 0 Å². The molecule has 1 aliphatic rings. The largest absolute Gasteiger partial charge is 0.326 e. The molecule has 0 fully saturated rings. The predicted octanol–water partition coefficient (Wildman–Crippen LogP) is 1.89. The van der Waals surface area contributed by atoms with Crippen LogP contribution in [0.25, 0.3) is 0 Å². The van der Waals surface area contributed by atoms with E-state index in [1.807, 2.05) is 20.8 Å². The first kappa shape index (κ1) is 15.0. The summed E-state index contributed by atoms with van der Waals surface area (Å²) in [5.74, 6) is 0.196. The van der Waals surface area contributed by atoms with Gasteiger partial charge in [0.2, 0.25) is 15.9 Å². The maximum absolute atomic E-state index is 12.3. The first-order valence-electron chi connectivity index (χ1n) is 6.74. The highest BCUT2D eigenvalue weighted by molar-refractivity contribution is 7.89. The first-order valence-corrected chi connectivity index (χ1v) is 8.23. The summed E-state index contributed by atoms with van der Waals surface area (Å²) in [5, 5.41) is 2.74. The van der Waals surface area contributed by atoms with E-state index < -0.39 is 10.0 Å². The molecule has 0 unspecified atom stereocenters. The minimum Gasteiger partial charge on any atom is -0.326 e. The number of carbonyl (C=O) groups is 1. The number of amides is 1. The summed E-state index contributed by atoms with van der Waals surface area (Å²) in [5.41, 5.74) is 1.57. The van der Waals surface area contributed by atoms with E-state index in [-0.39, 0.29) is 22.8 Å². The maximum atomic E-state index is 12.3. The maximum Gasteiger partial charge on any atom is 0.240 e. The first-order chi connectivity index (χ1) is 9.29. The molecule has 2 rings (SSSR count). The molecule has 1 atom stereocenters. The number of benzene rings is 1. The van der Waals surface area contributed by atoms with Crippen molar-refractivity contribution in [3.05, 3.63) is 23.8 Å². The second-order valence-electron chi connectivity index (χ2n) is 5.52. The molecular formula is C14H20N2O3S. The Hall–Kier alpha value is -1.40. The number of hydrogen-bond acceptors (Lipinski definition) is 3. The van der Waals surface area contributed by atoms with Crippen LogP contribution in [0.5, 0.6) is 0 Å². The lowest BCUT2D eigenvalue weighted by Crippen LogP contribution is -2.36. The molecule has 1 aromatic carbocycles. The monoisotopic (exact) mass is 296 g/mol. The van der Waals surface area contributed by atoms with Crippen LogP contribution in [0.4, 0.5) is 5.69 Å². The van der Waals surface area contributed by atoms with Gasteiger partial charge in [0.25, 0.3) is 0 Å². The van der Waals surface area contributed by atoms with Crippen molar-refractivity contribution in [2.75, 3.05) is 5.32 Å². The molecular weight excluding hydrogens is 276 g/mol. The zero-order valence-corrected chi connectivity index (χ0v) is 12.8. The van der Waals surface area contributed by atoms with Crippen LogP contribution in [0.15, 0.2) is 23.1 Å². The summed E-state index contributed by atoms with van der Waals surface area (Å²) in [6, 6.07) is 4.70. The smallest absolute Gasteiger partial charge is 0.240 e. The topological polar surface area (TPSA) is 75.3 Å². The zero-order valence-electron chi connectivity index (χ0n) is 11.9. The van der Waals surface area contributed by atoms with Crippen molar-refractivity contribution in [2.24, 2.45) is 5.92 Å². The van der Waals surface area contributed by atoms with Gasteiger partial charge in [-0.3, -0.25) is 4.79 Å². The van der Waals surface area contributed by atoms with Gasteiger partial charge in [-0.25, -0.2) is 13.1 Å². The molecule has 0 aromatic heterocycles. The van der Waals surface area contributed by atoms with Crippen LogP contribution in [0.1, 0.15) is 32.8 Å².